The lowest BCUT2D eigenvalue weighted by atomic mass is 9.33. The Morgan fingerprint density at radius 3 is 2.10 bits per heavy atom. The molecule has 22 atom stereocenters. The fourth-order valence-electron chi connectivity index (χ4n) is 14.6. The third kappa shape index (κ3) is 7.19. The Labute approximate surface area is 364 Å². The lowest BCUT2D eigenvalue weighted by Gasteiger charge is -2.71. The fraction of sp³-hybridized carbons (Fsp3) is 0.935. The molecule has 16 nitrogen and oxygen atoms in total. The summed E-state index contributed by atoms with van der Waals surface area (Å²) in [5.41, 5.74) is -0.561. The minimum atomic E-state index is -1.73. The quantitative estimate of drug-likeness (QED) is 0.158. The molecule has 7 fully saturated rings. The molecule has 0 aromatic rings. The van der Waals surface area contributed by atoms with Gasteiger partial charge in [-0.15, -0.1) is 0 Å². The number of aliphatic hydroxyl groups is 8. The van der Waals surface area contributed by atoms with E-state index in [0.717, 1.165) is 44.9 Å². The molecule has 0 bridgehead atoms. The molecule has 354 valence electrons. The zero-order valence-corrected chi connectivity index (χ0v) is 37.5. The predicted molar refractivity (Wildman–Crippen MR) is 219 cm³/mol. The lowest BCUT2D eigenvalue weighted by molar-refractivity contribution is -0.375. The zero-order valence-electron chi connectivity index (χ0n) is 37.5. The molecule has 62 heavy (non-hydrogen) atoms. The van der Waals surface area contributed by atoms with Gasteiger partial charge in [0.25, 0.3) is 0 Å². The highest BCUT2D eigenvalue weighted by molar-refractivity contribution is 5.76. The summed E-state index contributed by atoms with van der Waals surface area (Å²) in [4.78, 5) is 13.1. The van der Waals surface area contributed by atoms with Crippen molar-refractivity contribution in [2.24, 2.45) is 50.2 Å². The van der Waals surface area contributed by atoms with Crippen molar-refractivity contribution in [2.45, 2.75) is 199 Å². The minimum Gasteiger partial charge on any atom is -0.481 e. The molecule has 0 aromatic carbocycles. The standard InChI is InChI=1S/C46H74O16/c1-22-30(50)35(61-38-32(52)31(51)25(48)19-58-38)33(53)39(59-22)62-36-34(26(49)20-57-37(36)54)60-29-11-12-42(4)27(43(29,5)21-47)10-13-45(7)28(42)9-8-23-24-18-41(2,3)14-16-46(24,40(55)56)17-15-44(23,45)6/h8,22,24-39,47-54H,9-21H2,1-7H3,(H,55,56)/t22-,24-,25+,26-,27+,28+,29-,30-,31-,32+,33+,34-,35+,36+,37+,38-,39-,42-,43-,44+,45+,46-/m0/s1. The number of hydrogen-bond acceptors (Lipinski definition) is 15. The molecule has 3 aliphatic heterocycles. The molecule has 3 saturated heterocycles. The van der Waals surface area contributed by atoms with Crippen molar-refractivity contribution in [1.82, 2.24) is 0 Å². The number of fused-ring (bicyclic) bond motifs is 7. The number of allylic oxidation sites excluding steroid dienone is 2. The molecule has 16 heteroatoms. The second-order valence-electron chi connectivity index (χ2n) is 22.4. The lowest BCUT2D eigenvalue weighted by Crippen LogP contribution is -2.67. The van der Waals surface area contributed by atoms with Gasteiger partial charge in [0, 0.05) is 5.41 Å². The van der Waals surface area contributed by atoms with Crippen molar-refractivity contribution in [3.05, 3.63) is 11.6 Å². The molecule has 0 spiro atoms. The molecule has 0 unspecified atom stereocenters. The van der Waals surface area contributed by atoms with Gasteiger partial charge in [-0.25, -0.2) is 0 Å². The number of carboxylic acid groups (broad SMARTS) is 1. The van der Waals surface area contributed by atoms with Gasteiger partial charge in [0.15, 0.2) is 18.9 Å². The second kappa shape index (κ2) is 16.5. The van der Waals surface area contributed by atoms with Crippen LogP contribution in [0.25, 0.3) is 0 Å². The van der Waals surface area contributed by atoms with Crippen LogP contribution in [-0.2, 0) is 33.2 Å². The molecule has 3 heterocycles. The summed E-state index contributed by atoms with van der Waals surface area (Å²) in [6.45, 7) is 14.5. The molecule has 0 radical (unpaired) electrons. The van der Waals surface area contributed by atoms with Gasteiger partial charge >= 0.3 is 5.97 Å². The van der Waals surface area contributed by atoms with Crippen LogP contribution in [0.3, 0.4) is 0 Å². The highest BCUT2D eigenvalue weighted by Crippen LogP contribution is 2.76. The topological polar surface area (TPSA) is 255 Å². The predicted octanol–water partition coefficient (Wildman–Crippen LogP) is 1.98. The van der Waals surface area contributed by atoms with E-state index in [9.17, 15) is 50.8 Å². The van der Waals surface area contributed by atoms with Gasteiger partial charge in [-0.3, -0.25) is 4.79 Å². The molecule has 8 rings (SSSR count). The molecule has 9 N–H and O–H groups in total. The van der Waals surface area contributed by atoms with Crippen LogP contribution in [0.1, 0.15) is 113 Å². The van der Waals surface area contributed by atoms with Gasteiger partial charge in [0.2, 0.25) is 0 Å². The molecular weight excluding hydrogens is 808 g/mol. The number of ether oxygens (including phenoxy) is 6. The van der Waals surface area contributed by atoms with Crippen LogP contribution < -0.4 is 0 Å². The Morgan fingerprint density at radius 1 is 0.726 bits per heavy atom. The summed E-state index contributed by atoms with van der Waals surface area (Å²) >= 11 is 0. The normalized spacial score (nSPS) is 55.1. The van der Waals surface area contributed by atoms with E-state index in [1.165, 1.54) is 12.5 Å². The molecule has 0 aromatic heterocycles. The zero-order chi connectivity index (χ0) is 45.1. The van der Waals surface area contributed by atoms with E-state index < -0.39 is 103 Å². The average molecular weight is 883 g/mol. The summed E-state index contributed by atoms with van der Waals surface area (Å²) < 4.78 is 35.5. The molecule has 0 amide bonds. The Balaban J connectivity index is 1.02. The minimum absolute atomic E-state index is 0.00342. The Bertz CT molecular complexity index is 1690. The van der Waals surface area contributed by atoms with Gasteiger partial charge in [0.05, 0.1) is 37.4 Å². The van der Waals surface area contributed by atoms with Gasteiger partial charge in [0.1, 0.15) is 54.9 Å². The first-order valence-electron chi connectivity index (χ1n) is 23.1. The van der Waals surface area contributed by atoms with Crippen molar-refractivity contribution >= 4 is 5.97 Å². The van der Waals surface area contributed by atoms with Crippen molar-refractivity contribution in [2.75, 3.05) is 19.8 Å². The largest absolute Gasteiger partial charge is 0.481 e. The Morgan fingerprint density at radius 2 is 1.40 bits per heavy atom. The van der Waals surface area contributed by atoms with E-state index in [4.69, 9.17) is 28.4 Å². The molecular formula is C46H74O16. The van der Waals surface area contributed by atoms with Gasteiger partial charge in [-0.05, 0) is 111 Å². The van der Waals surface area contributed by atoms with Crippen LogP contribution in [0.4, 0.5) is 0 Å². The Hall–Kier alpha value is -1.35. The fourth-order valence-corrected chi connectivity index (χ4v) is 14.6. The third-order valence-corrected chi connectivity index (χ3v) is 18.7. The van der Waals surface area contributed by atoms with Crippen molar-refractivity contribution < 1.29 is 79.2 Å². The van der Waals surface area contributed by atoms with Gasteiger partial charge < -0.3 is 74.4 Å². The second-order valence-corrected chi connectivity index (χ2v) is 22.4. The van der Waals surface area contributed by atoms with E-state index in [0.29, 0.717) is 19.3 Å². The number of aliphatic hydroxyl groups excluding tert-OH is 8. The maximum atomic E-state index is 13.1. The third-order valence-electron chi connectivity index (χ3n) is 18.7. The van der Waals surface area contributed by atoms with E-state index >= 15 is 0 Å². The summed E-state index contributed by atoms with van der Waals surface area (Å²) in [6, 6.07) is 0. The first-order valence-corrected chi connectivity index (χ1v) is 23.1. The molecule has 8 aliphatic rings. The van der Waals surface area contributed by atoms with Gasteiger partial charge in [-0.1, -0.05) is 53.2 Å². The number of rotatable bonds is 8. The maximum Gasteiger partial charge on any atom is 0.310 e. The Kier molecular flexibility index (Phi) is 12.5. The molecule has 5 aliphatic carbocycles. The van der Waals surface area contributed by atoms with Crippen LogP contribution in [0.2, 0.25) is 0 Å². The van der Waals surface area contributed by atoms with Crippen LogP contribution in [0.5, 0.6) is 0 Å². The monoisotopic (exact) mass is 882 g/mol. The average Bonchev–Trinajstić information content (AvgIpc) is 3.21. The number of aliphatic carboxylic acids is 1. The first kappa shape index (κ1) is 47.2. The SMILES string of the molecule is C[C@@H]1O[C@@H](O[C@@H]2[C@@H](O[C@H]3CC[C@@]4(C)[C@@H](CC[C@]5(C)[C@@H]4CC=C4[C@@H]6CC(C)(C)CC[C@]6(C(=O)O)CC[C@]45C)[C@]3(C)CO)[C@@H](O)CO[C@H]2O)[C@H](O)[C@H](O[C@@H]2OC[C@@H](O)[C@H](O)[C@H]2O)[C@H]1O. The van der Waals surface area contributed by atoms with E-state index in [1.54, 1.807) is 0 Å². The number of carbonyl (C=O) groups is 1. The number of hydrogen-bond donors (Lipinski definition) is 9. The number of carboxylic acids is 1. The smallest absolute Gasteiger partial charge is 0.310 e. The summed E-state index contributed by atoms with van der Waals surface area (Å²) in [6.07, 6.45) is -9.16. The van der Waals surface area contributed by atoms with Crippen molar-refractivity contribution in [3.8, 4) is 0 Å². The van der Waals surface area contributed by atoms with Crippen LogP contribution in [0, 0.1) is 50.2 Å². The van der Waals surface area contributed by atoms with Crippen LogP contribution >= 0.6 is 0 Å². The highest BCUT2D eigenvalue weighted by Gasteiger charge is 2.70. The van der Waals surface area contributed by atoms with Crippen LogP contribution in [-0.4, -0.2) is 158 Å². The summed E-state index contributed by atoms with van der Waals surface area (Å²) in [7, 11) is 0. The van der Waals surface area contributed by atoms with E-state index in [1.807, 2.05) is 0 Å². The first-order chi connectivity index (χ1) is 29.0. The highest BCUT2D eigenvalue weighted by atomic mass is 16.7. The maximum absolute atomic E-state index is 13.1. The van der Waals surface area contributed by atoms with Crippen molar-refractivity contribution in [3.63, 3.8) is 0 Å². The van der Waals surface area contributed by atoms with E-state index in [-0.39, 0.29) is 59.2 Å². The summed E-state index contributed by atoms with van der Waals surface area (Å²) in [5.74, 6) is -0.365. The molecule has 4 saturated carbocycles. The van der Waals surface area contributed by atoms with Crippen LogP contribution in [0.15, 0.2) is 11.6 Å². The van der Waals surface area contributed by atoms with Crippen molar-refractivity contribution in [1.29, 1.82) is 0 Å². The van der Waals surface area contributed by atoms with Gasteiger partial charge in [-0.2, -0.15) is 0 Å². The summed E-state index contributed by atoms with van der Waals surface area (Å²) in [5, 5.41) is 97.9. The van der Waals surface area contributed by atoms with E-state index in [2.05, 4.69) is 47.6 Å².